The maximum Gasteiger partial charge on any atom is 0.328 e. The molecule has 0 atom stereocenters. The summed E-state index contributed by atoms with van der Waals surface area (Å²) in [7, 11) is 0. The molecule has 2 aromatic carbocycles. The molecule has 0 unspecified atom stereocenters. The second kappa shape index (κ2) is 4.21. The van der Waals surface area contributed by atoms with Gasteiger partial charge in [0.15, 0.2) is 0 Å². The summed E-state index contributed by atoms with van der Waals surface area (Å²) in [5.41, 5.74) is 2.82. The van der Waals surface area contributed by atoms with E-state index in [1.54, 1.807) is 30.3 Å². The molecule has 0 heterocycles. The highest BCUT2D eigenvalue weighted by atomic mass is 35.5. The van der Waals surface area contributed by atoms with E-state index in [4.69, 9.17) is 16.7 Å². The van der Waals surface area contributed by atoms with Crippen molar-refractivity contribution >= 4 is 23.1 Å². The topological polar surface area (TPSA) is 37.3 Å². The molecule has 2 nitrogen and oxygen atoms in total. The summed E-state index contributed by atoms with van der Waals surface area (Å²) in [4.78, 5) is 10.9. The van der Waals surface area contributed by atoms with E-state index in [-0.39, 0.29) is 5.82 Å². The summed E-state index contributed by atoms with van der Waals surface area (Å²) in [6.07, 6.45) is 1.08. The van der Waals surface area contributed by atoms with Crippen LogP contribution in [0.3, 0.4) is 0 Å². The molecule has 0 fully saturated rings. The molecule has 0 aromatic heterocycles. The molecule has 1 aliphatic carbocycles. The van der Waals surface area contributed by atoms with Crippen LogP contribution in [0.1, 0.15) is 11.1 Å². The second-order valence-electron chi connectivity index (χ2n) is 4.25. The average molecular weight is 275 g/mol. The molecule has 19 heavy (non-hydrogen) atoms. The molecule has 0 radical (unpaired) electrons. The quantitative estimate of drug-likeness (QED) is 0.682. The molecule has 4 heteroatoms. The van der Waals surface area contributed by atoms with Crippen molar-refractivity contribution in [1.82, 2.24) is 0 Å². The fourth-order valence-corrected chi connectivity index (χ4v) is 2.58. The number of rotatable bonds is 1. The van der Waals surface area contributed by atoms with Gasteiger partial charge in [-0.2, -0.15) is 0 Å². The minimum Gasteiger partial charge on any atom is -0.478 e. The summed E-state index contributed by atoms with van der Waals surface area (Å²) in [5, 5.41) is 9.45. The van der Waals surface area contributed by atoms with Gasteiger partial charge in [-0.15, -0.1) is 0 Å². The van der Waals surface area contributed by atoms with Gasteiger partial charge in [0.25, 0.3) is 0 Å². The van der Waals surface area contributed by atoms with Crippen LogP contribution >= 0.6 is 11.6 Å². The fourth-order valence-electron chi connectivity index (χ4n) is 2.40. The van der Waals surface area contributed by atoms with E-state index < -0.39 is 5.97 Å². The summed E-state index contributed by atoms with van der Waals surface area (Å²) in [6, 6.07) is 9.67. The Kier molecular flexibility index (Phi) is 2.64. The minimum atomic E-state index is -1.07. The molecule has 3 rings (SSSR count). The van der Waals surface area contributed by atoms with E-state index in [0.29, 0.717) is 32.8 Å². The number of halogens is 2. The van der Waals surface area contributed by atoms with Crippen LogP contribution < -0.4 is 0 Å². The van der Waals surface area contributed by atoms with Gasteiger partial charge in [0.1, 0.15) is 5.82 Å². The summed E-state index contributed by atoms with van der Waals surface area (Å²) in [5.74, 6) is -1.44. The van der Waals surface area contributed by atoms with E-state index in [1.807, 2.05) is 0 Å². The Morgan fingerprint density at radius 3 is 2.68 bits per heavy atom. The molecule has 2 aromatic rings. The lowest BCUT2D eigenvalue weighted by Crippen LogP contribution is -1.91. The van der Waals surface area contributed by atoms with Gasteiger partial charge in [0.05, 0.1) is 0 Å². The molecule has 0 saturated heterocycles. The monoisotopic (exact) mass is 274 g/mol. The van der Waals surface area contributed by atoms with Crippen molar-refractivity contribution in [3.05, 3.63) is 64.4 Å². The van der Waals surface area contributed by atoms with Gasteiger partial charge in [-0.3, -0.25) is 0 Å². The van der Waals surface area contributed by atoms with Gasteiger partial charge < -0.3 is 5.11 Å². The highest BCUT2D eigenvalue weighted by Gasteiger charge is 2.26. The van der Waals surface area contributed by atoms with Crippen molar-refractivity contribution in [2.24, 2.45) is 0 Å². The summed E-state index contributed by atoms with van der Waals surface area (Å²) >= 11 is 5.94. The number of carboxylic acid groups (broad SMARTS) is 1. The second-order valence-corrected chi connectivity index (χ2v) is 4.68. The summed E-state index contributed by atoms with van der Waals surface area (Å²) in [6.45, 7) is 0. The van der Waals surface area contributed by atoms with Crippen LogP contribution in [0, 0.1) is 5.82 Å². The number of hydrogen-bond donors (Lipinski definition) is 1. The smallest absolute Gasteiger partial charge is 0.328 e. The van der Waals surface area contributed by atoms with Crippen LogP contribution in [-0.2, 0) is 4.79 Å². The average Bonchev–Trinajstić information content (AvgIpc) is 2.64. The normalized spacial score (nSPS) is 14.3. The molecular weight excluding hydrogens is 267 g/mol. The van der Waals surface area contributed by atoms with Crippen LogP contribution in [0.25, 0.3) is 16.7 Å². The Morgan fingerprint density at radius 2 is 1.95 bits per heavy atom. The first-order chi connectivity index (χ1) is 9.08. The van der Waals surface area contributed by atoms with Crippen molar-refractivity contribution in [2.75, 3.05) is 0 Å². The Labute approximate surface area is 113 Å². The number of aliphatic carboxylic acids is 1. The maximum atomic E-state index is 14.0. The molecular formula is C15H8ClFO2. The standard InChI is InChI=1S/C15H8ClFO2/c16-8-4-5-10-11(6-8)12(7-14(18)19)9-2-1-3-13(17)15(9)10/h1-7H,(H,18,19)/b12-7-. The molecule has 0 aliphatic heterocycles. The van der Waals surface area contributed by atoms with Crippen LogP contribution in [0.5, 0.6) is 0 Å². The molecule has 0 amide bonds. The van der Waals surface area contributed by atoms with E-state index in [9.17, 15) is 9.18 Å². The first-order valence-corrected chi connectivity index (χ1v) is 5.99. The fraction of sp³-hybridized carbons (Fsp3) is 0. The minimum absolute atomic E-state index is 0.366. The predicted molar refractivity (Wildman–Crippen MR) is 71.6 cm³/mol. The van der Waals surface area contributed by atoms with E-state index in [1.165, 1.54) is 6.07 Å². The van der Waals surface area contributed by atoms with Gasteiger partial charge in [-0.1, -0.05) is 29.8 Å². The third kappa shape index (κ3) is 1.83. The SMILES string of the molecule is O=C(O)/C=C1\c2cc(Cl)ccc2-c2c(F)cccc21. The molecule has 0 saturated carbocycles. The van der Waals surface area contributed by atoms with Crippen molar-refractivity contribution in [2.45, 2.75) is 0 Å². The Morgan fingerprint density at radius 1 is 1.16 bits per heavy atom. The van der Waals surface area contributed by atoms with Crippen molar-refractivity contribution < 1.29 is 14.3 Å². The maximum absolute atomic E-state index is 14.0. The first kappa shape index (κ1) is 11.9. The highest BCUT2D eigenvalue weighted by molar-refractivity contribution is 6.31. The van der Waals surface area contributed by atoms with E-state index in [2.05, 4.69) is 0 Å². The van der Waals surface area contributed by atoms with Crippen LogP contribution in [-0.4, -0.2) is 11.1 Å². The Hall–Kier alpha value is -2.13. The van der Waals surface area contributed by atoms with Crippen LogP contribution in [0.15, 0.2) is 42.5 Å². The molecule has 1 aliphatic rings. The zero-order valence-electron chi connectivity index (χ0n) is 9.65. The summed E-state index contributed by atoms with van der Waals surface area (Å²) < 4.78 is 14.0. The van der Waals surface area contributed by atoms with Crippen molar-refractivity contribution in [3.63, 3.8) is 0 Å². The molecule has 0 spiro atoms. The van der Waals surface area contributed by atoms with Crippen LogP contribution in [0.2, 0.25) is 5.02 Å². The van der Waals surface area contributed by atoms with Gasteiger partial charge in [-0.05, 0) is 40.5 Å². The Balaban J connectivity index is 2.39. The zero-order chi connectivity index (χ0) is 13.6. The van der Waals surface area contributed by atoms with Gasteiger partial charge >= 0.3 is 5.97 Å². The number of carbonyl (C=O) groups is 1. The lowest BCUT2D eigenvalue weighted by molar-refractivity contribution is -0.131. The largest absolute Gasteiger partial charge is 0.478 e. The number of benzene rings is 2. The molecule has 0 bridgehead atoms. The third-order valence-electron chi connectivity index (χ3n) is 3.11. The molecule has 1 N–H and O–H groups in total. The number of carboxylic acids is 1. The lowest BCUT2D eigenvalue weighted by Gasteiger charge is -2.01. The van der Waals surface area contributed by atoms with Gasteiger partial charge in [-0.25, -0.2) is 9.18 Å². The van der Waals surface area contributed by atoms with Gasteiger partial charge in [0, 0.05) is 16.7 Å². The molecule has 94 valence electrons. The Bertz CT molecular complexity index is 735. The first-order valence-electron chi connectivity index (χ1n) is 5.62. The van der Waals surface area contributed by atoms with Crippen molar-refractivity contribution in [3.8, 4) is 11.1 Å². The number of hydrogen-bond acceptors (Lipinski definition) is 1. The third-order valence-corrected chi connectivity index (χ3v) is 3.35. The van der Waals surface area contributed by atoms with Crippen molar-refractivity contribution in [1.29, 1.82) is 0 Å². The zero-order valence-corrected chi connectivity index (χ0v) is 10.4. The highest BCUT2D eigenvalue weighted by Crippen LogP contribution is 2.46. The predicted octanol–water partition coefficient (Wildman–Crippen LogP) is 3.98. The van der Waals surface area contributed by atoms with E-state index >= 15 is 0 Å². The van der Waals surface area contributed by atoms with Gasteiger partial charge in [0.2, 0.25) is 0 Å². The number of fused-ring (bicyclic) bond motifs is 3. The lowest BCUT2D eigenvalue weighted by atomic mass is 10.0. The van der Waals surface area contributed by atoms with E-state index in [0.717, 1.165) is 6.08 Å². The van der Waals surface area contributed by atoms with Crippen LogP contribution in [0.4, 0.5) is 4.39 Å².